The number of ether oxygens (including phenoxy) is 1. The van der Waals surface area contributed by atoms with E-state index in [1.54, 1.807) is 6.20 Å². The van der Waals surface area contributed by atoms with Gasteiger partial charge in [-0.05, 0) is 44.1 Å². The quantitative estimate of drug-likeness (QED) is 0.837. The van der Waals surface area contributed by atoms with Gasteiger partial charge in [-0.2, -0.15) is 5.26 Å². The van der Waals surface area contributed by atoms with Crippen molar-refractivity contribution in [1.82, 2.24) is 14.6 Å². The molecular weight excluding hydrogens is 354 g/mol. The molecule has 28 heavy (non-hydrogen) atoms. The molecule has 0 spiro atoms. The van der Waals surface area contributed by atoms with Gasteiger partial charge in [-0.1, -0.05) is 26.7 Å². The first kappa shape index (κ1) is 20.6. The van der Waals surface area contributed by atoms with Crippen LogP contribution >= 0.6 is 0 Å². The molecule has 4 rings (SSSR count). The minimum absolute atomic E-state index is 0.0841. The van der Waals surface area contributed by atoms with Gasteiger partial charge in [0, 0.05) is 12.0 Å². The van der Waals surface area contributed by atoms with E-state index in [0.717, 1.165) is 73.9 Å². The number of nitriles is 1. The van der Waals surface area contributed by atoms with Crippen LogP contribution < -0.4 is 5.73 Å². The van der Waals surface area contributed by atoms with E-state index in [0.29, 0.717) is 6.61 Å². The molecule has 1 unspecified atom stereocenters. The first-order valence-corrected chi connectivity index (χ1v) is 10.4. The average Bonchev–Trinajstić information content (AvgIpc) is 2.96. The Morgan fingerprint density at radius 2 is 2.18 bits per heavy atom. The average molecular weight is 386 g/mol. The van der Waals surface area contributed by atoms with Crippen LogP contribution in [-0.4, -0.2) is 39.0 Å². The highest BCUT2D eigenvalue weighted by molar-refractivity contribution is 5.66. The highest BCUT2D eigenvalue weighted by Gasteiger charge is 2.42. The van der Waals surface area contributed by atoms with Crippen LogP contribution in [0, 0.1) is 11.3 Å². The lowest BCUT2D eigenvalue weighted by molar-refractivity contribution is -0.00535. The maximum absolute atomic E-state index is 9.73. The zero-order valence-corrected chi connectivity index (χ0v) is 16.9. The zero-order valence-electron chi connectivity index (χ0n) is 16.9. The Morgan fingerprint density at radius 1 is 1.39 bits per heavy atom. The number of anilines is 1. The van der Waals surface area contributed by atoms with Crippen molar-refractivity contribution in [3.63, 3.8) is 0 Å². The molecule has 0 bridgehead atoms. The molecule has 2 aromatic rings. The van der Waals surface area contributed by atoms with Crippen LogP contribution in [0.15, 0.2) is 6.20 Å². The van der Waals surface area contributed by atoms with Crippen molar-refractivity contribution in [3.8, 4) is 6.07 Å². The zero-order chi connectivity index (χ0) is 20.1. The highest BCUT2D eigenvalue weighted by atomic mass is 16.5. The summed E-state index contributed by atoms with van der Waals surface area (Å²) in [7, 11) is 0. The predicted molar refractivity (Wildman–Crippen MR) is 108 cm³/mol. The largest absolute Gasteiger partial charge is 0.391 e. The van der Waals surface area contributed by atoms with Gasteiger partial charge < -0.3 is 15.6 Å². The van der Waals surface area contributed by atoms with Gasteiger partial charge in [0.05, 0.1) is 35.7 Å². The summed E-state index contributed by atoms with van der Waals surface area (Å²) in [5, 5.41) is 22.9. The molecule has 1 saturated heterocycles. The molecule has 0 amide bonds. The third-order valence-electron chi connectivity index (χ3n) is 6.05. The number of aliphatic hydroxyl groups excluding tert-OH is 1. The van der Waals surface area contributed by atoms with E-state index in [9.17, 15) is 5.26 Å². The summed E-state index contributed by atoms with van der Waals surface area (Å²) in [4.78, 5) is 4.13. The second-order valence-corrected chi connectivity index (χ2v) is 7.84. The summed E-state index contributed by atoms with van der Waals surface area (Å²) in [6.45, 7) is 5.70. The molecule has 3 heterocycles. The number of aromatic nitrogens is 3. The number of nitrogens with two attached hydrogens (primary N) is 1. The molecule has 1 saturated carbocycles. The Labute approximate surface area is 166 Å². The van der Waals surface area contributed by atoms with Crippen LogP contribution in [0.1, 0.15) is 75.6 Å². The molecular formula is C21H31N5O2. The van der Waals surface area contributed by atoms with Gasteiger partial charge in [-0.3, -0.25) is 0 Å². The molecule has 2 fully saturated rings. The van der Waals surface area contributed by atoms with Gasteiger partial charge in [0.15, 0.2) is 0 Å². The molecule has 1 aliphatic carbocycles. The second kappa shape index (κ2) is 8.89. The summed E-state index contributed by atoms with van der Waals surface area (Å²) in [5.41, 5.74) is 9.76. The Balaban J connectivity index is 0.000000271. The lowest BCUT2D eigenvalue weighted by Gasteiger charge is -2.41. The Bertz CT molecular complexity index is 839. The third-order valence-corrected chi connectivity index (χ3v) is 6.05. The van der Waals surface area contributed by atoms with Crippen LogP contribution in [0.3, 0.4) is 0 Å². The molecule has 2 aliphatic rings. The molecule has 0 aromatic carbocycles. The maximum Gasteiger partial charge on any atom is 0.238 e. The summed E-state index contributed by atoms with van der Waals surface area (Å²) >= 11 is 0. The monoisotopic (exact) mass is 385 g/mol. The van der Waals surface area contributed by atoms with Gasteiger partial charge in [-0.25, -0.2) is 9.50 Å². The number of nitrogens with zero attached hydrogens (tertiary/aromatic N) is 4. The van der Waals surface area contributed by atoms with Gasteiger partial charge in [-0.15, -0.1) is 5.10 Å². The van der Waals surface area contributed by atoms with E-state index < -0.39 is 0 Å². The fraction of sp³-hybridized carbons (Fsp3) is 0.667. The fourth-order valence-corrected chi connectivity index (χ4v) is 4.32. The molecule has 7 nitrogen and oxygen atoms in total. The number of rotatable bonds is 4. The van der Waals surface area contributed by atoms with Crippen LogP contribution in [-0.2, 0) is 16.6 Å². The first-order valence-electron chi connectivity index (χ1n) is 10.4. The molecule has 2 aromatic heterocycles. The number of aryl methyl sites for hydroxylation is 1. The number of hydrogen-bond acceptors (Lipinski definition) is 6. The molecule has 152 valence electrons. The van der Waals surface area contributed by atoms with Crippen molar-refractivity contribution in [2.75, 3.05) is 18.9 Å². The smallest absolute Gasteiger partial charge is 0.238 e. The third kappa shape index (κ3) is 3.85. The minimum Gasteiger partial charge on any atom is -0.391 e. The summed E-state index contributed by atoms with van der Waals surface area (Å²) < 4.78 is 6.83. The van der Waals surface area contributed by atoms with E-state index in [-0.39, 0.29) is 17.5 Å². The van der Waals surface area contributed by atoms with Crippen LogP contribution in [0.25, 0.3) is 5.52 Å². The van der Waals surface area contributed by atoms with Crippen LogP contribution in [0.4, 0.5) is 5.95 Å². The van der Waals surface area contributed by atoms with E-state index in [1.807, 2.05) is 4.52 Å². The summed E-state index contributed by atoms with van der Waals surface area (Å²) in [6.07, 6.45) is 9.88. The number of aliphatic hydroxyl groups is 1. The molecule has 0 radical (unpaired) electrons. The SMILES string of the molecule is CCCc1c(C#N)c(C2(CC)CCC2)n2nc(N)ncc12.OC1CCCOC1. The first-order chi connectivity index (χ1) is 13.6. The van der Waals surface area contributed by atoms with Gasteiger partial charge >= 0.3 is 0 Å². The van der Waals surface area contributed by atoms with E-state index in [2.05, 4.69) is 30.0 Å². The lowest BCUT2D eigenvalue weighted by atomic mass is 9.64. The fourth-order valence-electron chi connectivity index (χ4n) is 4.32. The number of fused-ring (bicyclic) bond motifs is 1. The van der Waals surface area contributed by atoms with Crippen LogP contribution in [0.5, 0.6) is 0 Å². The van der Waals surface area contributed by atoms with Gasteiger partial charge in [0.1, 0.15) is 6.07 Å². The van der Waals surface area contributed by atoms with Crippen LogP contribution in [0.2, 0.25) is 0 Å². The lowest BCUT2D eigenvalue weighted by Crippen LogP contribution is -2.36. The molecule has 1 aliphatic heterocycles. The van der Waals surface area contributed by atoms with Crippen molar-refractivity contribution in [2.24, 2.45) is 0 Å². The second-order valence-electron chi connectivity index (χ2n) is 7.84. The predicted octanol–water partition coefficient (Wildman–Crippen LogP) is 3.13. The summed E-state index contributed by atoms with van der Waals surface area (Å²) in [5.74, 6) is 0.261. The van der Waals surface area contributed by atoms with Crippen molar-refractivity contribution < 1.29 is 9.84 Å². The van der Waals surface area contributed by atoms with Gasteiger partial charge in [0.2, 0.25) is 5.95 Å². The van der Waals surface area contributed by atoms with E-state index >= 15 is 0 Å². The van der Waals surface area contributed by atoms with E-state index in [4.69, 9.17) is 15.6 Å². The van der Waals surface area contributed by atoms with Crippen molar-refractivity contribution in [1.29, 1.82) is 5.26 Å². The molecule has 1 atom stereocenters. The minimum atomic E-state index is -0.186. The van der Waals surface area contributed by atoms with Gasteiger partial charge in [0.25, 0.3) is 0 Å². The van der Waals surface area contributed by atoms with E-state index in [1.165, 1.54) is 6.42 Å². The maximum atomic E-state index is 9.73. The van der Waals surface area contributed by atoms with Crippen molar-refractivity contribution in [2.45, 2.75) is 76.7 Å². The standard InChI is InChI=1S/C16H21N5.C5H10O2/c1-3-6-11-12(9-17)14(16(4-2)7-5-8-16)21-13(11)10-19-15(18)20-21;6-5-2-1-3-7-4-5/h10H,3-8H2,1-2H3,(H2,18,20);5-6H,1-4H2. The normalized spacial score (nSPS) is 20.7. The highest BCUT2D eigenvalue weighted by Crippen LogP contribution is 2.48. The Kier molecular flexibility index (Phi) is 6.53. The number of nitrogen functional groups attached to an aromatic ring is 1. The van der Waals surface area contributed by atoms with Crippen molar-refractivity contribution >= 4 is 11.5 Å². The number of hydrogen-bond donors (Lipinski definition) is 2. The van der Waals surface area contributed by atoms with Crippen molar-refractivity contribution in [3.05, 3.63) is 23.0 Å². The Morgan fingerprint density at radius 3 is 2.64 bits per heavy atom. The topological polar surface area (TPSA) is 109 Å². The Hall–Kier alpha value is -2.17. The molecule has 3 N–H and O–H groups in total. The molecule has 7 heteroatoms. The summed E-state index contributed by atoms with van der Waals surface area (Å²) in [6, 6.07) is 2.44.